The van der Waals surface area contributed by atoms with Crippen LogP contribution in [0.4, 0.5) is 0 Å². The molecule has 2 nitrogen and oxygen atoms in total. The lowest BCUT2D eigenvalue weighted by molar-refractivity contribution is 0.0442. The molecule has 1 aliphatic heterocycles. The van der Waals surface area contributed by atoms with E-state index < -0.39 is 0 Å². The van der Waals surface area contributed by atoms with E-state index in [1.807, 2.05) is 11.8 Å². The molecule has 0 amide bonds. The van der Waals surface area contributed by atoms with Crippen LogP contribution in [-0.2, 0) is 4.74 Å². The normalized spacial score (nSPS) is 37.8. The van der Waals surface area contributed by atoms with Gasteiger partial charge >= 0.3 is 0 Å². The van der Waals surface area contributed by atoms with Crippen LogP contribution in [0.15, 0.2) is 0 Å². The molecule has 0 aromatic rings. The highest BCUT2D eigenvalue weighted by Gasteiger charge is 2.29. The lowest BCUT2D eigenvalue weighted by atomic mass is 9.97. The summed E-state index contributed by atoms with van der Waals surface area (Å²) in [6.07, 6.45) is 4.65. The molecule has 0 bridgehead atoms. The molecule has 12 heavy (non-hydrogen) atoms. The van der Waals surface area contributed by atoms with Crippen LogP contribution >= 0.6 is 11.8 Å². The third kappa shape index (κ3) is 1.95. The van der Waals surface area contributed by atoms with Crippen molar-refractivity contribution in [1.29, 1.82) is 0 Å². The van der Waals surface area contributed by atoms with Crippen LogP contribution in [0.25, 0.3) is 0 Å². The van der Waals surface area contributed by atoms with Gasteiger partial charge in [-0.05, 0) is 12.8 Å². The van der Waals surface area contributed by atoms with E-state index in [0.717, 1.165) is 19.6 Å². The Morgan fingerprint density at radius 2 is 1.92 bits per heavy atom. The zero-order valence-corrected chi connectivity index (χ0v) is 8.05. The molecule has 3 heteroatoms. The molecule has 2 unspecified atom stereocenters. The second-order valence-corrected chi connectivity index (χ2v) is 5.23. The molecular formula is C9H16O2S. The van der Waals surface area contributed by atoms with E-state index in [-0.39, 0.29) is 6.10 Å². The number of ether oxygens (including phenoxy) is 1. The Hall–Kier alpha value is 0.270. The average molecular weight is 188 g/mol. The summed E-state index contributed by atoms with van der Waals surface area (Å²) in [6.45, 7) is 1.79. The smallest absolute Gasteiger partial charge is 0.0658 e. The Labute approximate surface area is 77.7 Å². The summed E-state index contributed by atoms with van der Waals surface area (Å²) in [5, 5.41) is 10.8. The van der Waals surface area contributed by atoms with Gasteiger partial charge in [-0.3, -0.25) is 0 Å². The Morgan fingerprint density at radius 1 is 1.17 bits per heavy atom. The summed E-state index contributed by atoms with van der Waals surface area (Å²) in [5.74, 6) is 0. The maximum atomic E-state index is 9.68. The topological polar surface area (TPSA) is 29.5 Å². The minimum absolute atomic E-state index is 0.0515. The van der Waals surface area contributed by atoms with Gasteiger partial charge in [0.1, 0.15) is 0 Å². The summed E-state index contributed by atoms with van der Waals surface area (Å²) in [5.41, 5.74) is 0. The van der Waals surface area contributed by atoms with Crippen molar-refractivity contribution in [2.24, 2.45) is 0 Å². The molecule has 2 atom stereocenters. The van der Waals surface area contributed by atoms with E-state index in [1.165, 1.54) is 19.3 Å². The largest absolute Gasteiger partial charge is 0.392 e. The molecule has 2 rings (SSSR count). The molecule has 1 aliphatic carbocycles. The summed E-state index contributed by atoms with van der Waals surface area (Å²) in [6, 6.07) is 0. The van der Waals surface area contributed by atoms with Crippen LogP contribution in [0.3, 0.4) is 0 Å². The molecule has 0 aromatic carbocycles. The second kappa shape index (κ2) is 3.99. The maximum Gasteiger partial charge on any atom is 0.0658 e. The van der Waals surface area contributed by atoms with E-state index >= 15 is 0 Å². The molecular weight excluding hydrogens is 172 g/mol. The van der Waals surface area contributed by atoms with E-state index in [9.17, 15) is 5.11 Å². The molecule has 1 heterocycles. The third-order valence-corrected chi connectivity index (χ3v) is 4.20. The summed E-state index contributed by atoms with van der Waals surface area (Å²) in [4.78, 5) is 0. The zero-order valence-electron chi connectivity index (χ0n) is 7.24. The van der Waals surface area contributed by atoms with E-state index in [2.05, 4.69) is 0 Å². The first kappa shape index (κ1) is 8.85. The maximum absolute atomic E-state index is 9.68. The highest BCUT2D eigenvalue weighted by molar-refractivity contribution is 8.00. The number of hydrogen-bond acceptors (Lipinski definition) is 3. The highest BCUT2D eigenvalue weighted by atomic mass is 32.2. The second-order valence-electron chi connectivity index (χ2n) is 3.69. The lowest BCUT2D eigenvalue weighted by Gasteiger charge is -2.33. The lowest BCUT2D eigenvalue weighted by Crippen LogP contribution is -2.36. The molecule has 2 aliphatic rings. The molecule has 0 aromatic heterocycles. The van der Waals surface area contributed by atoms with Crippen molar-refractivity contribution < 1.29 is 9.84 Å². The number of hydrogen-bond donors (Lipinski definition) is 1. The van der Waals surface area contributed by atoms with Crippen LogP contribution < -0.4 is 0 Å². The van der Waals surface area contributed by atoms with Crippen LogP contribution in [0.1, 0.15) is 25.7 Å². The SMILES string of the molecule is OC1CCCCC1SC1COC1. The number of rotatable bonds is 2. The van der Waals surface area contributed by atoms with E-state index in [1.54, 1.807) is 0 Å². The van der Waals surface area contributed by atoms with Crippen LogP contribution in [-0.4, -0.2) is 34.9 Å². The summed E-state index contributed by atoms with van der Waals surface area (Å²) in [7, 11) is 0. The van der Waals surface area contributed by atoms with Gasteiger partial charge in [0.2, 0.25) is 0 Å². The van der Waals surface area contributed by atoms with E-state index in [4.69, 9.17) is 4.74 Å². The van der Waals surface area contributed by atoms with Gasteiger partial charge in [-0.15, -0.1) is 11.8 Å². The van der Waals surface area contributed by atoms with Crippen molar-refractivity contribution in [2.45, 2.75) is 42.3 Å². The number of thioether (sulfide) groups is 1. The molecule has 0 radical (unpaired) electrons. The Kier molecular flexibility index (Phi) is 2.94. The van der Waals surface area contributed by atoms with Crippen molar-refractivity contribution in [1.82, 2.24) is 0 Å². The molecule has 0 spiro atoms. The third-order valence-electron chi connectivity index (χ3n) is 2.64. The van der Waals surface area contributed by atoms with Gasteiger partial charge in [0.15, 0.2) is 0 Å². The van der Waals surface area contributed by atoms with Gasteiger partial charge in [-0.1, -0.05) is 12.8 Å². The van der Waals surface area contributed by atoms with Crippen LogP contribution in [0.5, 0.6) is 0 Å². The summed E-state index contributed by atoms with van der Waals surface area (Å²) < 4.78 is 5.11. The molecule has 2 fully saturated rings. The van der Waals surface area contributed by atoms with Gasteiger partial charge < -0.3 is 9.84 Å². The van der Waals surface area contributed by atoms with Crippen molar-refractivity contribution in [3.8, 4) is 0 Å². The quantitative estimate of drug-likeness (QED) is 0.710. The first-order valence-electron chi connectivity index (χ1n) is 4.77. The average Bonchev–Trinajstić information content (AvgIpc) is 2.00. The minimum atomic E-state index is -0.0515. The summed E-state index contributed by atoms with van der Waals surface area (Å²) >= 11 is 1.94. The number of aliphatic hydroxyl groups is 1. The van der Waals surface area contributed by atoms with Gasteiger partial charge in [0.25, 0.3) is 0 Å². The first-order chi connectivity index (χ1) is 5.86. The van der Waals surface area contributed by atoms with E-state index in [0.29, 0.717) is 10.5 Å². The Bertz CT molecular complexity index is 147. The van der Waals surface area contributed by atoms with Crippen molar-refractivity contribution in [2.75, 3.05) is 13.2 Å². The Morgan fingerprint density at radius 3 is 2.50 bits per heavy atom. The van der Waals surface area contributed by atoms with Gasteiger partial charge in [0.05, 0.1) is 24.6 Å². The molecule has 1 N–H and O–H groups in total. The van der Waals surface area contributed by atoms with Crippen molar-refractivity contribution >= 4 is 11.8 Å². The van der Waals surface area contributed by atoms with Gasteiger partial charge in [-0.25, -0.2) is 0 Å². The Balaban J connectivity index is 1.76. The molecule has 1 saturated carbocycles. The fraction of sp³-hybridized carbons (Fsp3) is 1.00. The fourth-order valence-electron chi connectivity index (χ4n) is 1.78. The zero-order chi connectivity index (χ0) is 8.39. The highest BCUT2D eigenvalue weighted by Crippen LogP contribution is 2.33. The molecule has 1 saturated heterocycles. The predicted molar refractivity (Wildman–Crippen MR) is 50.5 cm³/mol. The standard InChI is InChI=1S/C9H16O2S/c10-8-3-1-2-4-9(8)12-7-5-11-6-7/h7-10H,1-6H2. The van der Waals surface area contributed by atoms with Crippen LogP contribution in [0, 0.1) is 0 Å². The van der Waals surface area contributed by atoms with Crippen molar-refractivity contribution in [3.63, 3.8) is 0 Å². The van der Waals surface area contributed by atoms with Crippen LogP contribution in [0.2, 0.25) is 0 Å². The molecule has 70 valence electrons. The van der Waals surface area contributed by atoms with Gasteiger partial charge in [-0.2, -0.15) is 0 Å². The minimum Gasteiger partial charge on any atom is -0.392 e. The van der Waals surface area contributed by atoms with Crippen molar-refractivity contribution in [3.05, 3.63) is 0 Å². The van der Waals surface area contributed by atoms with Gasteiger partial charge in [0, 0.05) is 5.25 Å². The number of aliphatic hydroxyl groups excluding tert-OH is 1. The fourth-order valence-corrected chi connectivity index (χ4v) is 3.24. The monoisotopic (exact) mass is 188 g/mol. The predicted octanol–water partition coefficient (Wildman–Crippen LogP) is 1.42. The first-order valence-corrected chi connectivity index (χ1v) is 5.72.